The van der Waals surface area contributed by atoms with E-state index in [1.54, 1.807) is 33.5 Å². The Balaban J connectivity index is 1.45. The first-order valence-electron chi connectivity index (χ1n) is 9.51. The van der Waals surface area contributed by atoms with Gasteiger partial charge < -0.3 is 5.32 Å². The summed E-state index contributed by atoms with van der Waals surface area (Å²) in [5.41, 5.74) is 3.07. The molecule has 0 saturated carbocycles. The van der Waals surface area contributed by atoms with Crippen LogP contribution in [-0.4, -0.2) is 31.8 Å². The standard InChI is InChI=1S/C22H20ClN5O2/c1-15-3-2-4-16(11-15)13-27-14-25-20-19(22(27)30)12-26-28(20)10-9-24-21(29)17-5-7-18(23)8-6-17/h2-8,11-12,14H,9-10,13H2,1H3,(H,24,29). The molecule has 2 heterocycles. The fourth-order valence-corrected chi connectivity index (χ4v) is 3.39. The summed E-state index contributed by atoms with van der Waals surface area (Å²) in [4.78, 5) is 29.4. The van der Waals surface area contributed by atoms with E-state index in [0.717, 1.165) is 11.1 Å². The predicted molar refractivity (Wildman–Crippen MR) is 116 cm³/mol. The minimum Gasteiger partial charge on any atom is -0.350 e. The maximum absolute atomic E-state index is 12.8. The molecule has 0 aliphatic heterocycles. The van der Waals surface area contributed by atoms with Gasteiger partial charge in [0.2, 0.25) is 0 Å². The summed E-state index contributed by atoms with van der Waals surface area (Å²) in [6.07, 6.45) is 3.07. The third-order valence-corrected chi connectivity index (χ3v) is 5.03. The second-order valence-corrected chi connectivity index (χ2v) is 7.47. The molecule has 0 bridgehead atoms. The summed E-state index contributed by atoms with van der Waals surface area (Å²) in [6.45, 7) is 3.22. The molecule has 4 rings (SSSR count). The Kier molecular flexibility index (Phi) is 5.63. The van der Waals surface area contributed by atoms with E-state index in [2.05, 4.69) is 15.4 Å². The average Bonchev–Trinajstić information content (AvgIpc) is 3.14. The smallest absolute Gasteiger partial charge is 0.264 e. The van der Waals surface area contributed by atoms with Crippen LogP contribution < -0.4 is 10.9 Å². The van der Waals surface area contributed by atoms with Crippen molar-refractivity contribution in [3.63, 3.8) is 0 Å². The summed E-state index contributed by atoms with van der Waals surface area (Å²) in [7, 11) is 0. The van der Waals surface area contributed by atoms with Crippen LogP contribution in [0.4, 0.5) is 0 Å². The Hall–Kier alpha value is -3.45. The summed E-state index contributed by atoms with van der Waals surface area (Å²) >= 11 is 5.84. The first kappa shape index (κ1) is 19.8. The van der Waals surface area contributed by atoms with Crippen LogP contribution in [0.5, 0.6) is 0 Å². The van der Waals surface area contributed by atoms with Gasteiger partial charge in [-0.15, -0.1) is 0 Å². The monoisotopic (exact) mass is 421 g/mol. The summed E-state index contributed by atoms with van der Waals surface area (Å²) < 4.78 is 3.20. The molecule has 8 heteroatoms. The normalized spacial score (nSPS) is 11.0. The number of hydrogen-bond acceptors (Lipinski definition) is 4. The van der Waals surface area contributed by atoms with E-state index in [0.29, 0.717) is 41.3 Å². The zero-order valence-corrected chi connectivity index (χ0v) is 17.1. The fourth-order valence-electron chi connectivity index (χ4n) is 3.26. The van der Waals surface area contributed by atoms with Gasteiger partial charge in [-0.25, -0.2) is 9.67 Å². The van der Waals surface area contributed by atoms with Crippen molar-refractivity contribution in [3.05, 3.63) is 93.1 Å². The van der Waals surface area contributed by atoms with Crippen LogP contribution in [0, 0.1) is 6.92 Å². The number of benzene rings is 2. The quantitative estimate of drug-likeness (QED) is 0.518. The minimum atomic E-state index is -0.198. The van der Waals surface area contributed by atoms with Crippen LogP contribution in [0.3, 0.4) is 0 Å². The molecule has 2 aromatic carbocycles. The average molecular weight is 422 g/mol. The Morgan fingerprint density at radius 2 is 1.97 bits per heavy atom. The van der Waals surface area contributed by atoms with Crippen LogP contribution in [0.25, 0.3) is 11.0 Å². The molecular formula is C22H20ClN5O2. The number of amides is 1. The molecule has 0 aliphatic carbocycles. The third-order valence-electron chi connectivity index (χ3n) is 4.77. The van der Waals surface area contributed by atoms with Gasteiger partial charge in [0, 0.05) is 17.1 Å². The molecule has 1 amide bonds. The molecule has 0 fully saturated rings. The number of fused-ring (bicyclic) bond motifs is 1. The maximum atomic E-state index is 12.8. The van der Waals surface area contributed by atoms with Crippen LogP contribution in [-0.2, 0) is 13.1 Å². The van der Waals surface area contributed by atoms with Crippen LogP contribution in [0.15, 0.2) is 65.8 Å². The summed E-state index contributed by atoms with van der Waals surface area (Å²) in [5, 5.41) is 8.13. The molecule has 152 valence electrons. The second-order valence-electron chi connectivity index (χ2n) is 7.03. The van der Waals surface area contributed by atoms with Gasteiger partial charge in [0.1, 0.15) is 11.7 Å². The lowest BCUT2D eigenvalue weighted by Crippen LogP contribution is -2.27. The van der Waals surface area contributed by atoms with Crippen molar-refractivity contribution < 1.29 is 4.79 Å². The van der Waals surface area contributed by atoms with E-state index in [1.165, 1.54) is 12.5 Å². The minimum absolute atomic E-state index is 0.141. The Morgan fingerprint density at radius 1 is 1.17 bits per heavy atom. The highest BCUT2D eigenvalue weighted by molar-refractivity contribution is 6.30. The molecule has 7 nitrogen and oxygen atoms in total. The van der Waals surface area contributed by atoms with Crippen molar-refractivity contribution >= 4 is 28.5 Å². The van der Waals surface area contributed by atoms with E-state index in [9.17, 15) is 9.59 Å². The molecule has 0 saturated heterocycles. The second kappa shape index (κ2) is 8.51. The topological polar surface area (TPSA) is 81.8 Å². The van der Waals surface area contributed by atoms with Crippen molar-refractivity contribution in [2.75, 3.05) is 6.54 Å². The highest BCUT2D eigenvalue weighted by Gasteiger charge is 2.11. The highest BCUT2D eigenvalue weighted by atomic mass is 35.5. The number of nitrogens with one attached hydrogen (secondary N) is 1. The van der Waals surface area contributed by atoms with E-state index < -0.39 is 0 Å². The number of halogens is 1. The number of hydrogen-bond donors (Lipinski definition) is 1. The van der Waals surface area contributed by atoms with Crippen LogP contribution >= 0.6 is 11.6 Å². The lowest BCUT2D eigenvalue weighted by Gasteiger charge is -2.08. The third kappa shape index (κ3) is 4.26. The Labute approximate surface area is 177 Å². The molecule has 4 aromatic rings. The van der Waals surface area contributed by atoms with Crippen molar-refractivity contribution in [2.24, 2.45) is 0 Å². The van der Waals surface area contributed by atoms with E-state index in [-0.39, 0.29) is 11.5 Å². The highest BCUT2D eigenvalue weighted by Crippen LogP contribution is 2.10. The van der Waals surface area contributed by atoms with Gasteiger partial charge in [-0.2, -0.15) is 5.10 Å². The van der Waals surface area contributed by atoms with Gasteiger partial charge in [-0.05, 0) is 36.8 Å². The molecule has 0 spiro atoms. The van der Waals surface area contributed by atoms with Crippen molar-refractivity contribution in [2.45, 2.75) is 20.0 Å². The lowest BCUT2D eigenvalue weighted by molar-refractivity contribution is 0.0952. The molecule has 0 unspecified atom stereocenters. The largest absolute Gasteiger partial charge is 0.350 e. The number of nitrogens with zero attached hydrogens (tertiary/aromatic N) is 4. The van der Waals surface area contributed by atoms with Gasteiger partial charge in [-0.3, -0.25) is 14.2 Å². The van der Waals surface area contributed by atoms with Gasteiger partial charge in [0.15, 0.2) is 5.65 Å². The summed E-state index contributed by atoms with van der Waals surface area (Å²) in [6, 6.07) is 14.7. The number of carbonyl (C=O) groups is 1. The van der Waals surface area contributed by atoms with Crippen LogP contribution in [0.2, 0.25) is 5.02 Å². The van der Waals surface area contributed by atoms with Crippen molar-refractivity contribution in [1.82, 2.24) is 24.6 Å². The lowest BCUT2D eigenvalue weighted by atomic mass is 10.1. The molecular weight excluding hydrogens is 402 g/mol. The van der Waals surface area contributed by atoms with Gasteiger partial charge in [-0.1, -0.05) is 41.4 Å². The number of aromatic nitrogens is 4. The molecule has 1 N–H and O–H groups in total. The number of aryl methyl sites for hydroxylation is 1. The predicted octanol–water partition coefficient (Wildman–Crippen LogP) is 3.03. The SMILES string of the molecule is Cc1cccc(Cn2cnc3c(cnn3CCNC(=O)c3ccc(Cl)cc3)c2=O)c1. The van der Waals surface area contributed by atoms with Crippen LogP contribution in [0.1, 0.15) is 21.5 Å². The summed E-state index contributed by atoms with van der Waals surface area (Å²) in [5.74, 6) is -0.198. The van der Waals surface area contributed by atoms with E-state index >= 15 is 0 Å². The van der Waals surface area contributed by atoms with Gasteiger partial charge >= 0.3 is 0 Å². The first-order valence-corrected chi connectivity index (χ1v) is 9.89. The molecule has 0 atom stereocenters. The first-order chi connectivity index (χ1) is 14.5. The molecule has 30 heavy (non-hydrogen) atoms. The van der Waals surface area contributed by atoms with Gasteiger partial charge in [0.25, 0.3) is 11.5 Å². The zero-order valence-electron chi connectivity index (χ0n) is 16.4. The zero-order chi connectivity index (χ0) is 21.1. The van der Waals surface area contributed by atoms with E-state index in [4.69, 9.17) is 11.6 Å². The number of carbonyl (C=O) groups excluding carboxylic acids is 1. The molecule has 2 aromatic heterocycles. The number of rotatable bonds is 6. The Morgan fingerprint density at radius 3 is 2.73 bits per heavy atom. The molecule has 0 aliphatic rings. The van der Waals surface area contributed by atoms with E-state index in [1.807, 2.05) is 31.2 Å². The maximum Gasteiger partial charge on any atom is 0.264 e. The van der Waals surface area contributed by atoms with Crippen molar-refractivity contribution in [3.8, 4) is 0 Å². The Bertz CT molecular complexity index is 1260. The van der Waals surface area contributed by atoms with Crippen molar-refractivity contribution in [1.29, 1.82) is 0 Å². The molecule has 0 radical (unpaired) electrons. The fraction of sp³-hybridized carbons (Fsp3) is 0.182. The van der Waals surface area contributed by atoms with Gasteiger partial charge in [0.05, 0.1) is 19.3 Å².